The predicted molar refractivity (Wildman–Crippen MR) is 123 cm³/mol. The summed E-state index contributed by atoms with van der Waals surface area (Å²) in [6, 6.07) is 16.8. The van der Waals surface area contributed by atoms with Crippen molar-refractivity contribution in [2.45, 2.75) is 39.5 Å². The number of para-hydroxylation sites is 1. The molecule has 2 aromatic carbocycles. The number of carbonyl (C=O) groups excluding carboxylic acids is 2. The van der Waals surface area contributed by atoms with Crippen LogP contribution in [-0.4, -0.2) is 39.9 Å². The van der Waals surface area contributed by atoms with Gasteiger partial charge in [-0.3, -0.25) is 14.7 Å². The molecule has 0 spiro atoms. The van der Waals surface area contributed by atoms with Crippen molar-refractivity contribution >= 4 is 11.7 Å². The van der Waals surface area contributed by atoms with Gasteiger partial charge in [0, 0.05) is 36.7 Å². The fraction of sp³-hybridized carbons (Fsp3) is 0.346. The van der Waals surface area contributed by atoms with Gasteiger partial charge in [0.25, 0.3) is 0 Å². The van der Waals surface area contributed by atoms with Gasteiger partial charge in [0.15, 0.2) is 5.78 Å². The number of hydrogen-bond acceptors (Lipinski definition) is 4. The van der Waals surface area contributed by atoms with E-state index in [1.807, 2.05) is 73.3 Å². The number of aromatic amines is 1. The fourth-order valence-electron chi connectivity index (χ4n) is 4.30. The number of hydrogen-bond donors (Lipinski definition) is 1. The molecule has 0 unspecified atom stereocenters. The topological polar surface area (TPSA) is 75.3 Å². The van der Waals surface area contributed by atoms with Crippen LogP contribution in [0.5, 0.6) is 11.5 Å². The van der Waals surface area contributed by atoms with Crippen molar-refractivity contribution in [3.63, 3.8) is 0 Å². The Bertz CT molecular complexity index is 1050. The Morgan fingerprint density at radius 3 is 2.47 bits per heavy atom. The lowest BCUT2D eigenvalue weighted by Crippen LogP contribution is -2.42. The van der Waals surface area contributed by atoms with Crippen LogP contribution in [-0.2, 0) is 11.2 Å². The number of Topliss-reactive ketones (excluding diaryl/α,β-unsaturated/α-hetero) is 1. The van der Waals surface area contributed by atoms with Crippen LogP contribution in [0, 0.1) is 19.8 Å². The van der Waals surface area contributed by atoms with Gasteiger partial charge in [-0.1, -0.05) is 18.2 Å². The van der Waals surface area contributed by atoms with Crippen LogP contribution in [0.3, 0.4) is 0 Å². The first-order valence-electron chi connectivity index (χ1n) is 11.2. The smallest absolute Gasteiger partial charge is 0.222 e. The molecule has 6 nitrogen and oxygen atoms in total. The predicted octanol–water partition coefficient (Wildman–Crippen LogP) is 4.87. The summed E-state index contributed by atoms with van der Waals surface area (Å²) >= 11 is 0. The van der Waals surface area contributed by atoms with Crippen molar-refractivity contribution in [3.05, 3.63) is 77.1 Å². The van der Waals surface area contributed by atoms with E-state index in [0.29, 0.717) is 30.7 Å². The van der Waals surface area contributed by atoms with Crippen molar-refractivity contribution in [2.75, 3.05) is 13.1 Å². The number of H-pyrrole nitrogens is 1. The molecule has 1 aliphatic heterocycles. The number of ketones is 1. The molecule has 0 aliphatic carbocycles. The van der Waals surface area contributed by atoms with Gasteiger partial charge in [-0.25, -0.2) is 0 Å². The number of amides is 1. The largest absolute Gasteiger partial charge is 0.457 e. The van der Waals surface area contributed by atoms with E-state index >= 15 is 0 Å². The normalized spacial score (nSPS) is 16.1. The second kappa shape index (κ2) is 9.81. The second-order valence-corrected chi connectivity index (χ2v) is 8.40. The van der Waals surface area contributed by atoms with Gasteiger partial charge in [0.05, 0.1) is 5.69 Å². The van der Waals surface area contributed by atoms with Crippen LogP contribution >= 0.6 is 0 Å². The molecule has 1 N–H and O–H groups in total. The van der Waals surface area contributed by atoms with Crippen LogP contribution in [0.4, 0.5) is 0 Å². The van der Waals surface area contributed by atoms with E-state index in [9.17, 15) is 9.59 Å². The van der Waals surface area contributed by atoms with Gasteiger partial charge in [0.2, 0.25) is 5.91 Å². The van der Waals surface area contributed by atoms with E-state index < -0.39 is 0 Å². The average molecular weight is 432 g/mol. The number of piperidine rings is 1. The summed E-state index contributed by atoms with van der Waals surface area (Å²) in [6.45, 7) is 5.14. The summed E-state index contributed by atoms with van der Waals surface area (Å²) in [6.07, 6.45) is 2.77. The molecule has 1 saturated heterocycles. The lowest BCUT2D eigenvalue weighted by atomic mass is 9.89. The summed E-state index contributed by atoms with van der Waals surface area (Å²) in [7, 11) is 0. The third-order valence-corrected chi connectivity index (χ3v) is 6.13. The molecule has 32 heavy (non-hydrogen) atoms. The minimum Gasteiger partial charge on any atom is -0.457 e. The second-order valence-electron chi connectivity index (χ2n) is 8.40. The zero-order chi connectivity index (χ0) is 22.5. The van der Waals surface area contributed by atoms with Gasteiger partial charge in [-0.15, -0.1) is 0 Å². The van der Waals surface area contributed by atoms with Crippen LogP contribution < -0.4 is 4.74 Å². The van der Waals surface area contributed by atoms with Crippen LogP contribution in [0.2, 0.25) is 0 Å². The highest BCUT2D eigenvalue weighted by atomic mass is 16.5. The summed E-state index contributed by atoms with van der Waals surface area (Å²) in [5.74, 6) is 1.49. The lowest BCUT2D eigenvalue weighted by molar-refractivity contribution is -0.132. The average Bonchev–Trinajstić information content (AvgIpc) is 3.15. The number of aromatic nitrogens is 2. The van der Waals surface area contributed by atoms with Crippen molar-refractivity contribution in [1.82, 2.24) is 15.1 Å². The zero-order valence-corrected chi connectivity index (χ0v) is 18.6. The van der Waals surface area contributed by atoms with Crippen molar-refractivity contribution in [2.24, 2.45) is 5.92 Å². The van der Waals surface area contributed by atoms with E-state index in [0.717, 1.165) is 42.1 Å². The molecule has 1 fully saturated rings. The van der Waals surface area contributed by atoms with Gasteiger partial charge >= 0.3 is 0 Å². The molecule has 166 valence electrons. The van der Waals surface area contributed by atoms with Gasteiger partial charge < -0.3 is 9.64 Å². The molecule has 1 aromatic heterocycles. The number of benzene rings is 2. The number of nitrogens with zero attached hydrogens (tertiary/aromatic N) is 2. The van der Waals surface area contributed by atoms with Crippen molar-refractivity contribution in [3.8, 4) is 11.5 Å². The molecule has 0 saturated carbocycles. The third kappa shape index (κ3) is 5.07. The summed E-state index contributed by atoms with van der Waals surface area (Å²) in [5, 5.41) is 7.17. The van der Waals surface area contributed by atoms with Crippen LogP contribution in [0.15, 0.2) is 54.6 Å². The Kier molecular flexibility index (Phi) is 6.69. The molecule has 0 radical (unpaired) electrons. The van der Waals surface area contributed by atoms with Gasteiger partial charge in [0.1, 0.15) is 11.5 Å². The highest BCUT2D eigenvalue weighted by molar-refractivity contribution is 5.98. The first-order valence-corrected chi connectivity index (χ1v) is 11.2. The molecule has 6 heteroatoms. The lowest BCUT2D eigenvalue weighted by Gasteiger charge is -2.32. The Morgan fingerprint density at radius 1 is 1.06 bits per heavy atom. The Morgan fingerprint density at radius 2 is 1.78 bits per heavy atom. The Balaban J connectivity index is 1.34. The molecule has 1 amide bonds. The maximum absolute atomic E-state index is 13.1. The molecular weight excluding hydrogens is 402 g/mol. The highest BCUT2D eigenvalue weighted by Crippen LogP contribution is 2.25. The van der Waals surface area contributed by atoms with Crippen molar-refractivity contribution in [1.29, 1.82) is 0 Å². The van der Waals surface area contributed by atoms with E-state index in [-0.39, 0.29) is 17.6 Å². The summed E-state index contributed by atoms with van der Waals surface area (Å²) < 4.78 is 5.81. The molecule has 3 aromatic rings. The third-order valence-electron chi connectivity index (χ3n) is 6.13. The van der Waals surface area contributed by atoms with Gasteiger partial charge in [-0.05, 0) is 75.1 Å². The summed E-state index contributed by atoms with van der Waals surface area (Å²) in [5.41, 5.74) is 3.73. The fourth-order valence-corrected chi connectivity index (χ4v) is 4.30. The number of ether oxygens (including phenoxy) is 1. The number of aryl methyl sites for hydroxylation is 2. The number of likely N-dealkylation sites (tertiary alicyclic amines) is 1. The first kappa shape index (κ1) is 21.8. The molecule has 1 aliphatic rings. The molecule has 0 bridgehead atoms. The SMILES string of the molecule is Cc1n[nH]c(C)c1CCC(=O)N1CCC[C@@H](C(=O)c2ccc(Oc3ccccc3)cc2)C1. The van der Waals surface area contributed by atoms with Crippen molar-refractivity contribution < 1.29 is 14.3 Å². The standard InChI is InChI=1S/C26H29N3O3/c1-18-24(19(2)28-27-18)14-15-25(30)29-16-6-7-21(17-29)26(31)20-10-12-23(13-11-20)32-22-8-4-3-5-9-22/h3-5,8-13,21H,6-7,14-17H2,1-2H3,(H,27,28)/t21-/m1/s1. The quantitative estimate of drug-likeness (QED) is 0.542. The molecule has 4 rings (SSSR count). The minimum absolute atomic E-state index is 0.0929. The number of carbonyl (C=O) groups is 2. The maximum atomic E-state index is 13.1. The van der Waals surface area contributed by atoms with Crippen LogP contribution in [0.25, 0.3) is 0 Å². The summed E-state index contributed by atoms with van der Waals surface area (Å²) in [4.78, 5) is 27.7. The first-order chi connectivity index (χ1) is 15.5. The maximum Gasteiger partial charge on any atom is 0.222 e. The monoisotopic (exact) mass is 431 g/mol. The van der Waals surface area contributed by atoms with Crippen LogP contribution in [0.1, 0.15) is 46.6 Å². The number of nitrogens with one attached hydrogen (secondary N) is 1. The molecule has 2 heterocycles. The zero-order valence-electron chi connectivity index (χ0n) is 18.6. The molecule has 1 atom stereocenters. The van der Waals surface area contributed by atoms with E-state index in [4.69, 9.17) is 4.74 Å². The highest BCUT2D eigenvalue weighted by Gasteiger charge is 2.29. The van der Waals surface area contributed by atoms with Gasteiger partial charge in [-0.2, -0.15) is 5.10 Å². The van der Waals surface area contributed by atoms with E-state index in [1.165, 1.54) is 0 Å². The minimum atomic E-state index is -0.161. The molecular formula is C26H29N3O3. The van der Waals surface area contributed by atoms with E-state index in [1.54, 1.807) is 0 Å². The Hall–Kier alpha value is -3.41. The Labute approximate surface area is 188 Å². The van der Waals surface area contributed by atoms with E-state index in [2.05, 4.69) is 10.2 Å². The number of rotatable bonds is 7.